The molecule has 5 heteroatoms. The molecule has 0 amide bonds. The normalized spacial score (nSPS) is 9.86. The van der Waals surface area contributed by atoms with Crippen LogP contribution in [0.5, 0.6) is 0 Å². The predicted octanol–water partition coefficient (Wildman–Crippen LogP) is 1.33. The maximum atomic E-state index is 11.1. The molecule has 14 heavy (non-hydrogen) atoms. The number of nitrogens with two attached hydrogens (primary N) is 2. The lowest BCUT2D eigenvalue weighted by Gasteiger charge is -2.08. The van der Waals surface area contributed by atoms with E-state index in [1.165, 1.54) is 7.11 Å². The summed E-state index contributed by atoms with van der Waals surface area (Å²) in [5, 5.41) is 0. The highest BCUT2D eigenvalue weighted by Gasteiger charge is 2.12. The minimum Gasteiger partial charge on any atom is -0.469 e. The van der Waals surface area contributed by atoms with Crippen LogP contribution in [0.1, 0.15) is 5.56 Å². The first-order chi connectivity index (χ1) is 6.56. The van der Waals surface area contributed by atoms with Gasteiger partial charge in [-0.2, -0.15) is 0 Å². The van der Waals surface area contributed by atoms with Gasteiger partial charge >= 0.3 is 5.97 Å². The molecule has 0 unspecified atom stereocenters. The number of ether oxygens (including phenoxy) is 1. The molecule has 1 rings (SSSR count). The first-order valence-corrected chi connectivity index (χ1v) is 4.74. The van der Waals surface area contributed by atoms with Gasteiger partial charge in [0.2, 0.25) is 0 Å². The van der Waals surface area contributed by atoms with Gasteiger partial charge in [-0.25, -0.2) is 0 Å². The van der Waals surface area contributed by atoms with Crippen LogP contribution in [0.25, 0.3) is 0 Å². The predicted molar refractivity (Wildman–Crippen MR) is 58.7 cm³/mol. The van der Waals surface area contributed by atoms with Gasteiger partial charge in [0.15, 0.2) is 0 Å². The molecule has 0 aromatic heterocycles. The molecule has 76 valence electrons. The molecule has 4 nitrogen and oxygen atoms in total. The standard InChI is InChI=1S/C9H11BrN2O2/c1-14-8(13)4-5-6(11)2-3-7(12)9(5)10/h2-3H,4,11-12H2,1H3. The Morgan fingerprint density at radius 2 is 2.00 bits per heavy atom. The van der Waals surface area contributed by atoms with Crippen LogP contribution < -0.4 is 11.5 Å². The number of rotatable bonds is 2. The van der Waals surface area contributed by atoms with Crippen molar-refractivity contribution in [3.63, 3.8) is 0 Å². The number of carbonyl (C=O) groups excluding carboxylic acids is 1. The number of halogens is 1. The van der Waals surface area contributed by atoms with Gasteiger partial charge < -0.3 is 16.2 Å². The van der Waals surface area contributed by atoms with Gasteiger partial charge in [-0.15, -0.1) is 0 Å². The molecule has 0 aliphatic carbocycles. The van der Waals surface area contributed by atoms with Crippen LogP contribution in [0.3, 0.4) is 0 Å². The summed E-state index contributed by atoms with van der Waals surface area (Å²) in [6, 6.07) is 3.35. The van der Waals surface area contributed by atoms with Crippen molar-refractivity contribution in [2.24, 2.45) is 0 Å². The zero-order valence-corrected chi connectivity index (χ0v) is 9.30. The molecule has 0 saturated carbocycles. The van der Waals surface area contributed by atoms with E-state index in [0.717, 1.165) is 0 Å². The molecular formula is C9H11BrN2O2. The number of hydrogen-bond acceptors (Lipinski definition) is 4. The number of esters is 1. The summed E-state index contributed by atoms with van der Waals surface area (Å²) in [5.41, 5.74) is 13.1. The Kier molecular flexibility index (Phi) is 3.35. The quantitative estimate of drug-likeness (QED) is 0.620. The number of nitrogen functional groups attached to an aromatic ring is 2. The summed E-state index contributed by atoms with van der Waals surface area (Å²) < 4.78 is 5.20. The summed E-state index contributed by atoms with van der Waals surface area (Å²) in [5.74, 6) is -0.344. The van der Waals surface area contributed by atoms with E-state index in [1.54, 1.807) is 12.1 Å². The summed E-state index contributed by atoms with van der Waals surface area (Å²) >= 11 is 3.28. The smallest absolute Gasteiger partial charge is 0.310 e. The van der Waals surface area contributed by atoms with Gasteiger partial charge in [0.25, 0.3) is 0 Å². The first kappa shape index (κ1) is 10.8. The Labute approximate surface area is 90.3 Å². The van der Waals surface area contributed by atoms with Crippen LogP contribution in [-0.4, -0.2) is 13.1 Å². The molecule has 0 saturated heterocycles. The Hall–Kier alpha value is -1.23. The maximum Gasteiger partial charge on any atom is 0.310 e. The van der Waals surface area contributed by atoms with Gasteiger partial charge in [0, 0.05) is 21.4 Å². The van der Waals surface area contributed by atoms with E-state index >= 15 is 0 Å². The fourth-order valence-electron chi connectivity index (χ4n) is 1.05. The minimum absolute atomic E-state index is 0.119. The van der Waals surface area contributed by atoms with E-state index in [0.29, 0.717) is 21.4 Å². The van der Waals surface area contributed by atoms with Crippen molar-refractivity contribution in [2.75, 3.05) is 18.6 Å². The van der Waals surface area contributed by atoms with Crippen molar-refractivity contribution in [2.45, 2.75) is 6.42 Å². The molecule has 0 atom stereocenters. The first-order valence-electron chi connectivity index (χ1n) is 3.95. The van der Waals surface area contributed by atoms with Crippen molar-refractivity contribution < 1.29 is 9.53 Å². The zero-order chi connectivity index (χ0) is 10.7. The average Bonchev–Trinajstić information content (AvgIpc) is 2.18. The summed E-state index contributed by atoms with van der Waals surface area (Å²) in [6.45, 7) is 0. The van der Waals surface area contributed by atoms with Crippen LogP contribution >= 0.6 is 15.9 Å². The van der Waals surface area contributed by atoms with Gasteiger partial charge in [0.1, 0.15) is 0 Å². The highest BCUT2D eigenvalue weighted by molar-refractivity contribution is 9.10. The second kappa shape index (κ2) is 4.32. The SMILES string of the molecule is COC(=O)Cc1c(N)ccc(N)c1Br. The molecule has 0 heterocycles. The maximum absolute atomic E-state index is 11.1. The molecule has 0 radical (unpaired) electrons. The topological polar surface area (TPSA) is 78.3 Å². The second-order valence-corrected chi connectivity index (χ2v) is 3.58. The Balaban J connectivity index is 3.06. The molecular weight excluding hydrogens is 248 g/mol. The highest BCUT2D eigenvalue weighted by Crippen LogP contribution is 2.29. The van der Waals surface area contributed by atoms with Crippen molar-refractivity contribution in [3.05, 3.63) is 22.2 Å². The van der Waals surface area contributed by atoms with Crippen molar-refractivity contribution >= 4 is 33.3 Å². The van der Waals surface area contributed by atoms with Crippen molar-refractivity contribution in [1.82, 2.24) is 0 Å². The van der Waals surface area contributed by atoms with Crippen LogP contribution in [0.4, 0.5) is 11.4 Å². The molecule has 0 spiro atoms. The molecule has 0 bridgehead atoms. The van der Waals surface area contributed by atoms with E-state index in [9.17, 15) is 4.79 Å². The van der Waals surface area contributed by atoms with Gasteiger partial charge in [-0.1, -0.05) is 0 Å². The lowest BCUT2D eigenvalue weighted by Crippen LogP contribution is -2.08. The molecule has 4 N–H and O–H groups in total. The van der Waals surface area contributed by atoms with Crippen molar-refractivity contribution in [3.8, 4) is 0 Å². The largest absolute Gasteiger partial charge is 0.469 e. The molecule has 0 aliphatic rings. The average molecular weight is 259 g/mol. The highest BCUT2D eigenvalue weighted by atomic mass is 79.9. The van der Waals surface area contributed by atoms with E-state index in [1.807, 2.05) is 0 Å². The number of benzene rings is 1. The summed E-state index contributed by atoms with van der Waals surface area (Å²) in [7, 11) is 1.33. The fourth-order valence-corrected chi connectivity index (χ4v) is 1.55. The van der Waals surface area contributed by atoms with E-state index in [-0.39, 0.29) is 12.4 Å². The van der Waals surface area contributed by atoms with E-state index in [4.69, 9.17) is 11.5 Å². The van der Waals surface area contributed by atoms with Crippen molar-refractivity contribution in [1.29, 1.82) is 0 Å². The molecule has 1 aromatic carbocycles. The number of hydrogen-bond donors (Lipinski definition) is 2. The van der Waals surface area contributed by atoms with Gasteiger partial charge in [-0.3, -0.25) is 4.79 Å². The monoisotopic (exact) mass is 258 g/mol. The Bertz CT molecular complexity index is 366. The fraction of sp³-hybridized carbons (Fsp3) is 0.222. The number of anilines is 2. The molecule has 0 aliphatic heterocycles. The lowest BCUT2D eigenvalue weighted by atomic mass is 10.1. The van der Waals surface area contributed by atoms with E-state index in [2.05, 4.69) is 20.7 Å². The van der Waals surface area contributed by atoms with Crippen LogP contribution in [0, 0.1) is 0 Å². The Morgan fingerprint density at radius 1 is 1.43 bits per heavy atom. The van der Waals surface area contributed by atoms with Crippen LogP contribution in [0.15, 0.2) is 16.6 Å². The Morgan fingerprint density at radius 3 is 2.57 bits per heavy atom. The third kappa shape index (κ3) is 2.17. The van der Waals surface area contributed by atoms with E-state index < -0.39 is 0 Å². The van der Waals surface area contributed by atoms with Crippen LogP contribution in [0.2, 0.25) is 0 Å². The molecule has 1 aromatic rings. The summed E-state index contributed by atoms with van der Waals surface area (Å²) in [6.07, 6.45) is 0.119. The second-order valence-electron chi connectivity index (χ2n) is 2.79. The zero-order valence-electron chi connectivity index (χ0n) is 7.71. The van der Waals surface area contributed by atoms with Gasteiger partial charge in [-0.05, 0) is 28.1 Å². The van der Waals surface area contributed by atoms with Gasteiger partial charge in [0.05, 0.1) is 13.5 Å². The lowest BCUT2D eigenvalue weighted by molar-refractivity contribution is -0.139. The summed E-state index contributed by atoms with van der Waals surface area (Å²) in [4.78, 5) is 11.1. The number of carbonyl (C=O) groups is 1. The molecule has 0 fully saturated rings. The number of methoxy groups -OCH3 is 1. The third-order valence-corrected chi connectivity index (χ3v) is 2.79. The minimum atomic E-state index is -0.344. The third-order valence-electron chi connectivity index (χ3n) is 1.86. The van der Waals surface area contributed by atoms with Crippen LogP contribution in [-0.2, 0) is 16.0 Å².